The molecule has 0 aromatic rings. The molecule has 0 atom stereocenters. The molecule has 10 heavy (non-hydrogen) atoms. The number of hydrogen-bond acceptors (Lipinski definition) is 0. The maximum atomic E-state index is 3.56. The van der Waals surface area contributed by atoms with Gasteiger partial charge in [-0.25, -0.2) is 0 Å². The van der Waals surface area contributed by atoms with Gasteiger partial charge in [-0.1, -0.05) is 50.8 Å². The van der Waals surface area contributed by atoms with Crippen molar-refractivity contribution in [2.24, 2.45) is 0 Å². The molecule has 0 N–H and O–H groups in total. The van der Waals surface area contributed by atoms with Crippen LogP contribution in [0.1, 0.15) is 20.8 Å². The topological polar surface area (TPSA) is 0 Å². The van der Waals surface area contributed by atoms with Crippen LogP contribution in [0, 0.1) is 0 Å². The molecule has 57 valence electrons. The molecule has 0 amide bonds. The summed E-state index contributed by atoms with van der Waals surface area (Å²) >= 11 is 0. The molecule has 0 saturated heterocycles. The van der Waals surface area contributed by atoms with Crippen molar-refractivity contribution in [3.63, 3.8) is 0 Å². The monoisotopic (exact) mass is 175 g/mol. The van der Waals surface area contributed by atoms with Gasteiger partial charge in [0.05, 0.1) is 0 Å². The Labute approximate surface area is 76.6 Å². The van der Waals surface area contributed by atoms with E-state index < -0.39 is 0 Å². The van der Waals surface area contributed by atoms with E-state index in [4.69, 9.17) is 0 Å². The quantitative estimate of drug-likeness (QED) is 0.564. The Bertz CT molecular complexity index is 101. The van der Waals surface area contributed by atoms with E-state index >= 15 is 0 Å². The predicted octanol–water partition coefficient (Wildman–Crippen LogP) is 3.33. The van der Waals surface area contributed by atoms with Gasteiger partial charge >= 0.3 is 0 Å². The first kappa shape index (κ1) is 16.4. The normalized spacial score (nSPS) is 8.10. The first-order valence-corrected chi connectivity index (χ1v) is 3.23. The largest absolute Gasteiger partial charge is 0.0991 e. The Morgan fingerprint density at radius 3 is 1.70 bits per heavy atom. The van der Waals surface area contributed by atoms with Crippen LogP contribution in [0.4, 0.5) is 0 Å². The average molecular weight is 175 g/mol. The predicted molar refractivity (Wildman–Crippen MR) is 45.5 cm³/mol. The van der Waals surface area contributed by atoms with Gasteiger partial charge in [-0.3, -0.25) is 0 Å². The maximum absolute atomic E-state index is 3.56. The number of rotatable bonds is 2. The fraction of sp³-hybridized carbons (Fsp3) is 0.333. The van der Waals surface area contributed by atoms with Crippen LogP contribution in [0.3, 0.4) is 0 Å². The SMILES string of the molecule is C=C/C=C(/C)C=C.CC.[V]. The van der Waals surface area contributed by atoms with Crippen LogP contribution in [0.25, 0.3) is 0 Å². The van der Waals surface area contributed by atoms with Gasteiger partial charge < -0.3 is 0 Å². The van der Waals surface area contributed by atoms with Gasteiger partial charge in [-0.05, 0) is 6.92 Å². The Balaban J connectivity index is -0.000000149. The summed E-state index contributed by atoms with van der Waals surface area (Å²) in [4.78, 5) is 0. The van der Waals surface area contributed by atoms with E-state index in [0.29, 0.717) is 0 Å². The van der Waals surface area contributed by atoms with Crippen molar-refractivity contribution in [1.82, 2.24) is 0 Å². The molecule has 1 heteroatoms. The van der Waals surface area contributed by atoms with Gasteiger partial charge in [0.15, 0.2) is 0 Å². The summed E-state index contributed by atoms with van der Waals surface area (Å²) in [5, 5.41) is 0. The molecule has 0 aromatic heterocycles. The molecule has 0 heterocycles. The van der Waals surface area contributed by atoms with Crippen LogP contribution in [0.15, 0.2) is 37.0 Å². The third-order valence-corrected chi connectivity index (χ3v) is 0.703. The minimum atomic E-state index is 0. The summed E-state index contributed by atoms with van der Waals surface area (Å²) < 4.78 is 0. The molecule has 0 fully saturated rings. The minimum absolute atomic E-state index is 0. The molecular weight excluding hydrogens is 159 g/mol. The Kier molecular flexibility index (Phi) is 26.1. The van der Waals surface area contributed by atoms with Gasteiger partial charge in [0.25, 0.3) is 0 Å². The Morgan fingerprint density at radius 2 is 1.60 bits per heavy atom. The van der Waals surface area contributed by atoms with Crippen LogP contribution in [0.2, 0.25) is 0 Å². The van der Waals surface area contributed by atoms with Crippen molar-refractivity contribution in [1.29, 1.82) is 0 Å². The zero-order chi connectivity index (χ0) is 7.70. The molecule has 0 saturated carbocycles. The van der Waals surface area contributed by atoms with Crippen molar-refractivity contribution < 1.29 is 18.6 Å². The van der Waals surface area contributed by atoms with Crippen molar-refractivity contribution in [2.45, 2.75) is 20.8 Å². The smallest absolute Gasteiger partial charge is 0 e. The second-order valence-electron chi connectivity index (χ2n) is 1.35. The van der Waals surface area contributed by atoms with Crippen LogP contribution < -0.4 is 0 Å². The molecule has 0 aliphatic rings. The standard InChI is InChI=1S/C7H10.C2H6.V/c1-4-6-7(3)5-2;1-2;/h4-6H,1-2H2,3H3;1-2H3;/b7-6-;;. The van der Waals surface area contributed by atoms with Crippen LogP contribution in [-0.4, -0.2) is 0 Å². The Morgan fingerprint density at radius 1 is 1.20 bits per heavy atom. The van der Waals surface area contributed by atoms with Crippen molar-refractivity contribution in [3.8, 4) is 0 Å². The summed E-state index contributed by atoms with van der Waals surface area (Å²) in [5.74, 6) is 0. The van der Waals surface area contributed by atoms with Gasteiger partial charge in [-0.2, -0.15) is 0 Å². The minimum Gasteiger partial charge on any atom is -0.0991 e. The molecule has 0 spiro atoms. The fourth-order valence-corrected chi connectivity index (χ4v) is 0.254. The second kappa shape index (κ2) is 15.9. The molecule has 0 aliphatic heterocycles. The van der Waals surface area contributed by atoms with Gasteiger partial charge in [-0.15, -0.1) is 0 Å². The van der Waals surface area contributed by atoms with E-state index in [1.807, 2.05) is 26.8 Å². The van der Waals surface area contributed by atoms with E-state index in [0.717, 1.165) is 5.57 Å². The zero-order valence-electron chi connectivity index (χ0n) is 7.09. The van der Waals surface area contributed by atoms with E-state index in [2.05, 4.69) is 13.2 Å². The third kappa shape index (κ3) is 15.7. The second-order valence-corrected chi connectivity index (χ2v) is 1.35. The molecular formula is C9H16V. The number of hydrogen-bond donors (Lipinski definition) is 0. The van der Waals surface area contributed by atoms with Crippen LogP contribution >= 0.6 is 0 Å². The Hall–Kier alpha value is -0.196. The summed E-state index contributed by atoms with van der Waals surface area (Å²) in [6.45, 7) is 13.1. The van der Waals surface area contributed by atoms with Gasteiger partial charge in [0, 0.05) is 18.6 Å². The van der Waals surface area contributed by atoms with Crippen molar-refractivity contribution >= 4 is 0 Å². The van der Waals surface area contributed by atoms with Gasteiger partial charge in [0.1, 0.15) is 0 Å². The van der Waals surface area contributed by atoms with Crippen molar-refractivity contribution in [2.75, 3.05) is 0 Å². The first-order valence-electron chi connectivity index (χ1n) is 3.23. The molecule has 0 rings (SSSR count). The number of allylic oxidation sites excluding steroid dienone is 4. The zero-order valence-corrected chi connectivity index (χ0v) is 8.49. The van der Waals surface area contributed by atoms with E-state index in [1.54, 1.807) is 12.2 Å². The van der Waals surface area contributed by atoms with E-state index in [1.165, 1.54) is 0 Å². The van der Waals surface area contributed by atoms with Crippen molar-refractivity contribution in [3.05, 3.63) is 37.0 Å². The molecule has 0 aliphatic carbocycles. The molecule has 1 radical (unpaired) electrons. The molecule has 0 bridgehead atoms. The third-order valence-electron chi connectivity index (χ3n) is 0.703. The maximum Gasteiger partial charge on any atom is 0 e. The fourth-order valence-electron chi connectivity index (χ4n) is 0.254. The van der Waals surface area contributed by atoms with E-state index in [-0.39, 0.29) is 18.6 Å². The molecule has 0 aromatic carbocycles. The van der Waals surface area contributed by atoms with Crippen LogP contribution in [-0.2, 0) is 18.6 Å². The summed E-state index contributed by atoms with van der Waals surface area (Å²) in [6, 6.07) is 0. The first-order chi connectivity index (χ1) is 4.31. The van der Waals surface area contributed by atoms with E-state index in [9.17, 15) is 0 Å². The van der Waals surface area contributed by atoms with Gasteiger partial charge in [0.2, 0.25) is 0 Å². The molecule has 0 nitrogen and oxygen atoms in total. The van der Waals surface area contributed by atoms with Crippen LogP contribution in [0.5, 0.6) is 0 Å². The average Bonchev–Trinajstić information content (AvgIpc) is 1.93. The summed E-state index contributed by atoms with van der Waals surface area (Å²) in [7, 11) is 0. The molecule has 0 unspecified atom stereocenters. The summed E-state index contributed by atoms with van der Waals surface area (Å²) in [5.41, 5.74) is 1.15. The summed E-state index contributed by atoms with van der Waals surface area (Å²) in [6.07, 6.45) is 5.45.